The Bertz CT molecular complexity index is 424. The maximum Gasteiger partial charge on any atom is 0.254 e. The number of amides is 1. The minimum Gasteiger partial charge on any atom is -0.394 e. The zero-order valence-corrected chi connectivity index (χ0v) is 11.2. The van der Waals surface area contributed by atoms with E-state index in [1.165, 1.54) is 0 Å². The highest BCUT2D eigenvalue weighted by atomic mass is 16.5. The number of nitrogens with zero attached hydrogens (tertiary/aromatic N) is 2. The quantitative estimate of drug-likeness (QED) is 0.864. The number of ether oxygens (including phenoxy) is 1. The van der Waals surface area contributed by atoms with Gasteiger partial charge < -0.3 is 14.7 Å². The standard InChI is InChI=1S/C14H20N2O3/c1-19-10-6-14(11-17)5-2-9-16(14)13(18)12-3-7-15-8-4-12/h3-4,7-8,17H,2,5-6,9-11H2,1H3/t14-/m0/s1. The molecule has 1 amide bonds. The van der Waals surface area contributed by atoms with E-state index in [2.05, 4.69) is 4.98 Å². The van der Waals surface area contributed by atoms with Gasteiger partial charge in [-0.05, 0) is 31.4 Å². The zero-order valence-electron chi connectivity index (χ0n) is 11.2. The van der Waals surface area contributed by atoms with Crippen LogP contribution in [0, 0.1) is 0 Å². The van der Waals surface area contributed by atoms with E-state index in [-0.39, 0.29) is 12.5 Å². The summed E-state index contributed by atoms with van der Waals surface area (Å²) in [5.74, 6) is -0.0370. The number of aliphatic hydroxyl groups is 1. The lowest BCUT2D eigenvalue weighted by atomic mass is 9.93. The van der Waals surface area contributed by atoms with Crippen LogP contribution in [0.2, 0.25) is 0 Å². The van der Waals surface area contributed by atoms with E-state index < -0.39 is 5.54 Å². The molecular weight excluding hydrogens is 244 g/mol. The highest BCUT2D eigenvalue weighted by molar-refractivity contribution is 5.94. The monoisotopic (exact) mass is 264 g/mol. The Balaban J connectivity index is 2.19. The van der Waals surface area contributed by atoms with Crippen molar-refractivity contribution in [3.8, 4) is 0 Å². The second-order valence-electron chi connectivity index (χ2n) is 4.92. The summed E-state index contributed by atoms with van der Waals surface area (Å²) in [5, 5.41) is 9.75. The number of likely N-dealkylation sites (tertiary alicyclic amines) is 1. The van der Waals surface area contributed by atoms with Crippen LogP contribution < -0.4 is 0 Å². The first-order valence-corrected chi connectivity index (χ1v) is 6.55. The molecule has 1 aliphatic rings. The summed E-state index contributed by atoms with van der Waals surface area (Å²) in [7, 11) is 1.63. The predicted octanol–water partition coefficient (Wildman–Crippen LogP) is 1.09. The van der Waals surface area contributed by atoms with Crippen LogP contribution >= 0.6 is 0 Å². The molecule has 0 bridgehead atoms. The van der Waals surface area contributed by atoms with Crippen molar-refractivity contribution in [1.29, 1.82) is 0 Å². The molecule has 1 fully saturated rings. The summed E-state index contributed by atoms with van der Waals surface area (Å²) in [6.45, 7) is 1.21. The Hall–Kier alpha value is -1.46. The lowest BCUT2D eigenvalue weighted by Crippen LogP contribution is -2.50. The van der Waals surface area contributed by atoms with Crippen molar-refractivity contribution < 1.29 is 14.6 Å². The summed E-state index contributed by atoms with van der Waals surface area (Å²) in [5.41, 5.74) is 0.142. The van der Waals surface area contributed by atoms with Crippen molar-refractivity contribution in [2.24, 2.45) is 0 Å². The number of rotatable bonds is 5. The zero-order chi connectivity index (χ0) is 13.7. The Morgan fingerprint density at radius 3 is 2.89 bits per heavy atom. The fourth-order valence-corrected chi connectivity index (χ4v) is 2.70. The van der Waals surface area contributed by atoms with Crippen LogP contribution in [-0.2, 0) is 4.74 Å². The molecule has 1 aromatic rings. The van der Waals surface area contributed by atoms with Crippen LogP contribution in [0.25, 0.3) is 0 Å². The number of hydrogen-bond donors (Lipinski definition) is 1. The summed E-state index contributed by atoms with van der Waals surface area (Å²) in [6, 6.07) is 3.41. The molecule has 104 valence electrons. The molecule has 0 unspecified atom stereocenters. The van der Waals surface area contributed by atoms with Gasteiger partial charge in [-0.25, -0.2) is 0 Å². The minimum absolute atomic E-state index is 0.0207. The predicted molar refractivity (Wildman–Crippen MR) is 70.8 cm³/mol. The van der Waals surface area contributed by atoms with Crippen LogP contribution in [0.15, 0.2) is 24.5 Å². The van der Waals surface area contributed by atoms with Crippen molar-refractivity contribution in [3.63, 3.8) is 0 Å². The maximum absolute atomic E-state index is 12.5. The van der Waals surface area contributed by atoms with Gasteiger partial charge in [0.1, 0.15) is 0 Å². The van der Waals surface area contributed by atoms with Gasteiger partial charge in [0.05, 0.1) is 12.1 Å². The molecule has 0 aliphatic carbocycles. The number of carbonyl (C=O) groups is 1. The number of hydrogen-bond acceptors (Lipinski definition) is 4. The lowest BCUT2D eigenvalue weighted by Gasteiger charge is -2.37. The van der Waals surface area contributed by atoms with Crippen LogP contribution in [0.4, 0.5) is 0 Å². The summed E-state index contributed by atoms with van der Waals surface area (Å²) >= 11 is 0. The van der Waals surface area contributed by atoms with E-state index in [1.807, 2.05) is 0 Å². The average Bonchev–Trinajstić information content (AvgIpc) is 2.89. The second-order valence-corrected chi connectivity index (χ2v) is 4.92. The Morgan fingerprint density at radius 2 is 2.26 bits per heavy atom. The number of methoxy groups -OCH3 is 1. The van der Waals surface area contributed by atoms with Gasteiger partial charge in [-0.15, -0.1) is 0 Å². The summed E-state index contributed by atoms with van der Waals surface area (Å²) < 4.78 is 5.11. The molecule has 0 saturated carbocycles. The van der Waals surface area contributed by atoms with Gasteiger partial charge in [0.15, 0.2) is 0 Å². The van der Waals surface area contributed by atoms with E-state index in [1.54, 1.807) is 36.5 Å². The van der Waals surface area contributed by atoms with Crippen molar-refractivity contribution in [2.75, 3.05) is 26.9 Å². The minimum atomic E-state index is -0.476. The van der Waals surface area contributed by atoms with Crippen LogP contribution in [0.5, 0.6) is 0 Å². The first-order chi connectivity index (χ1) is 9.23. The maximum atomic E-state index is 12.5. The molecular formula is C14H20N2O3. The molecule has 19 heavy (non-hydrogen) atoms. The molecule has 5 nitrogen and oxygen atoms in total. The Kier molecular flexibility index (Phi) is 4.50. The number of aromatic nitrogens is 1. The first-order valence-electron chi connectivity index (χ1n) is 6.55. The Labute approximate surface area is 113 Å². The molecule has 2 heterocycles. The number of aliphatic hydroxyl groups excluding tert-OH is 1. The van der Waals surface area contributed by atoms with Crippen LogP contribution in [0.1, 0.15) is 29.6 Å². The van der Waals surface area contributed by atoms with Gasteiger partial charge in [-0.1, -0.05) is 0 Å². The number of carbonyl (C=O) groups excluding carboxylic acids is 1. The second kappa shape index (κ2) is 6.12. The molecule has 1 aromatic heterocycles. The first kappa shape index (κ1) is 14.0. The molecule has 1 saturated heterocycles. The third kappa shape index (κ3) is 2.77. The van der Waals surface area contributed by atoms with Gasteiger partial charge >= 0.3 is 0 Å². The van der Waals surface area contributed by atoms with Gasteiger partial charge in [0.25, 0.3) is 5.91 Å². The SMILES string of the molecule is COCC[C@]1(CO)CCCN1C(=O)c1ccncc1. The molecule has 0 spiro atoms. The topological polar surface area (TPSA) is 62.7 Å². The normalized spacial score (nSPS) is 22.7. The fraction of sp³-hybridized carbons (Fsp3) is 0.571. The fourth-order valence-electron chi connectivity index (χ4n) is 2.70. The van der Waals surface area contributed by atoms with E-state index >= 15 is 0 Å². The molecule has 0 radical (unpaired) electrons. The highest BCUT2D eigenvalue weighted by Gasteiger charge is 2.42. The van der Waals surface area contributed by atoms with Gasteiger partial charge in [0, 0.05) is 38.2 Å². The molecule has 0 aromatic carbocycles. The summed E-state index contributed by atoms with van der Waals surface area (Å²) in [4.78, 5) is 18.2. The van der Waals surface area contributed by atoms with Gasteiger partial charge in [-0.3, -0.25) is 9.78 Å². The highest BCUT2D eigenvalue weighted by Crippen LogP contribution is 2.33. The van der Waals surface area contributed by atoms with Gasteiger partial charge in [0.2, 0.25) is 0 Å². The number of pyridine rings is 1. The van der Waals surface area contributed by atoms with Crippen LogP contribution in [-0.4, -0.2) is 53.3 Å². The van der Waals surface area contributed by atoms with E-state index in [0.29, 0.717) is 25.1 Å². The third-order valence-electron chi connectivity index (χ3n) is 3.83. The average molecular weight is 264 g/mol. The van der Waals surface area contributed by atoms with Crippen molar-refractivity contribution in [1.82, 2.24) is 9.88 Å². The van der Waals surface area contributed by atoms with E-state index in [4.69, 9.17) is 4.74 Å². The van der Waals surface area contributed by atoms with Crippen molar-refractivity contribution in [3.05, 3.63) is 30.1 Å². The Morgan fingerprint density at radius 1 is 1.53 bits per heavy atom. The largest absolute Gasteiger partial charge is 0.394 e. The molecule has 5 heteroatoms. The van der Waals surface area contributed by atoms with E-state index in [9.17, 15) is 9.90 Å². The molecule has 1 N–H and O–H groups in total. The smallest absolute Gasteiger partial charge is 0.254 e. The third-order valence-corrected chi connectivity index (χ3v) is 3.83. The van der Waals surface area contributed by atoms with Gasteiger partial charge in [-0.2, -0.15) is 0 Å². The lowest BCUT2D eigenvalue weighted by molar-refractivity contribution is 0.0270. The summed E-state index contributed by atoms with van der Waals surface area (Å²) in [6.07, 6.45) is 5.62. The van der Waals surface area contributed by atoms with Crippen LogP contribution in [0.3, 0.4) is 0 Å². The molecule has 2 rings (SSSR count). The van der Waals surface area contributed by atoms with Crippen molar-refractivity contribution in [2.45, 2.75) is 24.8 Å². The molecule has 1 atom stereocenters. The molecule has 1 aliphatic heterocycles. The van der Waals surface area contributed by atoms with Crippen molar-refractivity contribution >= 4 is 5.91 Å². The van der Waals surface area contributed by atoms with E-state index in [0.717, 1.165) is 12.8 Å².